The Morgan fingerprint density at radius 2 is 1.89 bits per heavy atom. The van der Waals surface area contributed by atoms with Crippen LogP contribution in [0.4, 0.5) is 11.4 Å². The predicted molar refractivity (Wildman–Crippen MR) is 102 cm³/mol. The monoisotopic (exact) mass is 380 g/mol. The maximum absolute atomic E-state index is 13.3. The molecular weight excluding hydrogens is 360 g/mol. The zero-order valence-electron chi connectivity index (χ0n) is 15.4. The van der Waals surface area contributed by atoms with E-state index >= 15 is 0 Å². The van der Waals surface area contributed by atoms with Gasteiger partial charge in [0.1, 0.15) is 5.69 Å². The van der Waals surface area contributed by atoms with E-state index in [4.69, 9.17) is 10.5 Å². The molecular formula is C19H20N6O3+2. The lowest BCUT2D eigenvalue weighted by molar-refractivity contribution is -0.789. The molecule has 0 bridgehead atoms. The highest BCUT2D eigenvalue weighted by molar-refractivity contribution is 6.21. The van der Waals surface area contributed by atoms with Crippen molar-refractivity contribution < 1.29 is 24.3 Å². The molecule has 4 rings (SSSR count). The summed E-state index contributed by atoms with van der Waals surface area (Å²) in [5, 5.41) is 6.08. The number of ether oxygens (including phenoxy) is 1. The van der Waals surface area contributed by atoms with Gasteiger partial charge in [0.25, 0.3) is 0 Å². The van der Waals surface area contributed by atoms with Gasteiger partial charge in [0, 0.05) is 6.92 Å². The summed E-state index contributed by atoms with van der Waals surface area (Å²) < 4.78 is 5.35. The number of nitrogens with two attached hydrogens (primary N) is 1. The summed E-state index contributed by atoms with van der Waals surface area (Å²) in [5.74, 6) is 0.298. The Balaban J connectivity index is 1.83. The third-order valence-electron chi connectivity index (χ3n) is 4.65. The number of carbonyl (C=O) groups excluding carboxylic acids is 2. The Kier molecular flexibility index (Phi) is 3.99. The Hall–Kier alpha value is -3.88. The molecule has 6 N–H and O–H groups in total. The minimum Gasteiger partial charge on any atom is -0.493 e. The molecule has 9 nitrogen and oxygen atoms in total. The Morgan fingerprint density at radius 1 is 1.18 bits per heavy atom. The molecule has 0 saturated carbocycles. The number of imide groups is 1. The van der Waals surface area contributed by atoms with Crippen molar-refractivity contribution in [2.75, 3.05) is 17.3 Å². The fraction of sp³-hybridized carbons (Fsp3) is 0.158. The molecule has 2 aliphatic heterocycles. The molecule has 0 unspecified atom stereocenters. The summed E-state index contributed by atoms with van der Waals surface area (Å²) in [4.78, 5) is 32.6. The third-order valence-corrected chi connectivity index (χ3v) is 4.65. The van der Waals surface area contributed by atoms with Crippen LogP contribution in [0.2, 0.25) is 0 Å². The van der Waals surface area contributed by atoms with Crippen molar-refractivity contribution in [2.24, 2.45) is 5.73 Å². The number of nitrogens with zero attached hydrogens (tertiary/aromatic N) is 1. The van der Waals surface area contributed by atoms with Crippen LogP contribution in [0.1, 0.15) is 12.5 Å². The molecule has 0 radical (unpaired) electrons. The molecule has 0 aromatic heterocycles. The number of hydrogen-bond acceptors (Lipinski definition) is 6. The normalized spacial score (nSPS) is 20.2. The SMILES string of the molecule is COc1ccccc1NC1=[NH+][C@@]2([NH+]=C(N)N1)C(=O)N(C(C)=O)c1ccccc12. The van der Waals surface area contributed by atoms with Gasteiger partial charge >= 0.3 is 23.5 Å². The summed E-state index contributed by atoms with van der Waals surface area (Å²) in [7, 11) is 1.57. The predicted octanol–water partition coefficient (Wildman–Crippen LogP) is -2.71. The summed E-state index contributed by atoms with van der Waals surface area (Å²) in [6.07, 6.45) is 0. The van der Waals surface area contributed by atoms with Gasteiger partial charge in [-0.15, -0.1) is 0 Å². The van der Waals surface area contributed by atoms with Gasteiger partial charge in [0.05, 0.1) is 18.4 Å². The van der Waals surface area contributed by atoms with Crippen LogP contribution < -0.4 is 36.0 Å². The Labute approximate surface area is 160 Å². The number of methoxy groups -OCH3 is 1. The van der Waals surface area contributed by atoms with E-state index in [1.165, 1.54) is 6.92 Å². The second kappa shape index (κ2) is 6.38. The van der Waals surface area contributed by atoms with E-state index < -0.39 is 11.6 Å². The minimum atomic E-state index is -1.41. The summed E-state index contributed by atoms with van der Waals surface area (Å²) in [5.41, 5.74) is 6.41. The van der Waals surface area contributed by atoms with Crippen LogP contribution in [0.25, 0.3) is 0 Å². The van der Waals surface area contributed by atoms with Crippen molar-refractivity contribution >= 4 is 35.1 Å². The van der Waals surface area contributed by atoms with Crippen molar-refractivity contribution in [3.05, 3.63) is 54.1 Å². The van der Waals surface area contributed by atoms with Crippen LogP contribution in [0.15, 0.2) is 48.5 Å². The molecule has 0 saturated heterocycles. The molecule has 9 heteroatoms. The lowest BCUT2D eigenvalue weighted by Crippen LogP contribution is -3.14. The Morgan fingerprint density at radius 3 is 2.64 bits per heavy atom. The van der Waals surface area contributed by atoms with Crippen LogP contribution in [0.3, 0.4) is 0 Å². The van der Waals surface area contributed by atoms with Gasteiger partial charge in [0.2, 0.25) is 5.91 Å². The van der Waals surface area contributed by atoms with E-state index in [0.717, 1.165) is 4.90 Å². The van der Waals surface area contributed by atoms with E-state index in [1.807, 2.05) is 18.2 Å². The van der Waals surface area contributed by atoms with Gasteiger partial charge in [0.15, 0.2) is 5.75 Å². The number of anilines is 2. The first-order chi connectivity index (χ1) is 13.5. The van der Waals surface area contributed by atoms with Gasteiger partial charge < -0.3 is 4.74 Å². The number of hydrogen-bond donors (Lipinski definition) is 5. The second-order valence-corrected chi connectivity index (χ2v) is 6.42. The van der Waals surface area contributed by atoms with Crippen molar-refractivity contribution in [3.8, 4) is 5.75 Å². The topological polar surface area (TPSA) is 125 Å². The average Bonchev–Trinajstić information content (AvgIpc) is 2.90. The molecule has 0 aliphatic carbocycles. The number of guanidine groups is 2. The molecule has 2 amide bonds. The highest BCUT2D eigenvalue weighted by Gasteiger charge is 2.57. The standard InChI is InChI=1S/C19H18N6O3/c1-11(26)25-14-9-5-3-7-12(14)19(16(25)27)23-17(20)22-18(24-19)21-13-8-4-6-10-15(13)28-2/h3-10H,1-2H3,(H4,20,21,22,23,24)/p+2/t19-/m1/s1. The smallest absolute Gasteiger partial charge is 0.361 e. The molecule has 2 heterocycles. The Bertz CT molecular complexity index is 1050. The van der Waals surface area contributed by atoms with E-state index in [9.17, 15) is 9.59 Å². The zero-order valence-corrected chi connectivity index (χ0v) is 15.4. The molecule has 2 aromatic carbocycles. The first kappa shape index (κ1) is 17.5. The van der Waals surface area contributed by atoms with Crippen molar-refractivity contribution in [3.63, 3.8) is 0 Å². The largest absolute Gasteiger partial charge is 0.493 e. The summed E-state index contributed by atoms with van der Waals surface area (Å²) >= 11 is 0. The number of para-hydroxylation sites is 3. The quantitative estimate of drug-likeness (QED) is 0.386. The van der Waals surface area contributed by atoms with Gasteiger partial charge in [-0.2, -0.15) is 5.32 Å². The van der Waals surface area contributed by atoms with Gasteiger partial charge in [-0.1, -0.05) is 24.3 Å². The van der Waals surface area contributed by atoms with E-state index in [1.54, 1.807) is 37.4 Å². The van der Waals surface area contributed by atoms with E-state index in [2.05, 4.69) is 20.6 Å². The number of rotatable bonds is 2. The van der Waals surface area contributed by atoms with Crippen LogP contribution in [0, 0.1) is 0 Å². The maximum Gasteiger partial charge on any atom is 0.361 e. The lowest BCUT2D eigenvalue weighted by Gasteiger charge is -2.22. The van der Waals surface area contributed by atoms with Crippen LogP contribution in [0.5, 0.6) is 5.75 Å². The fourth-order valence-corrected chi connectivity index (χ4v) is 3.50. The number of amides is 2. The number of benzene rings is 2. The molecule has 1 spiro atoms. The average molecular weight is 380 g/mol. The highest BCUT2D eigenvalue weighted by atomic mass is 16.5. The fourth-order valence-electron chi connectivity index (χ4n) is 3.50. The van der Waals surface area contributed by atoms with Gasteiger partial charge in [-0.25, -0.2) is 20.2 Å². The number of fused-ring (bicyclic) bond motifs is 2. The molecule has 0 fully saturated rings. The maximum atomic E-state index is 13.3. The van der Waals surface area contributed by atoms with Crippen molar-refractivity contribution in [1.82, 2.24) is 5.32 Å². The first-order valence-corrected chi connectivity index (χ1v) is 8.63. The molecule has 28 heavy (non-hydrogen) atoms. The molecule has 2 aliphatic rings. The number of carbonyl (C=O) groups is 2. The number of nitrogens with one attached hydrogen (secondary N) is 4. The van der Waals surface area contributed by atoms with Crippen LogP contribution in [-0.4, -0.2) is 30.8 Å². The van der Waals surface area contributed by atoms with E-state index in [-0.39, 0.29) is 11.9 Å². The molecule has 2 aromatic rings. The van der Waals surface area contributed by atoms with Crippen LogP contribution >= 0.6 is 0 Å². The van der Waals surface area contributed by atoms with Gasteiger partial charge in [-0.05, 0) is 24.3 Å². The molecule has 1 atom stereocenters. The van der Waals surface area contributed by atoms with Crippen molar-refractivity contribution in [1.29, 1.82) is 0 Å². The first-order valence-electron chi connectivity index (χ1n) is 8.63. The van der Waals surface area contributed by atoms with E-state index in [0.29, 0.717) is 28.6 Å². The van der Waals surface area contributed by atoms with Crippen molar-refractivity contribution in [2.45, 2.75) is 12.6 Å². The summed E-state index contributed by atoms with van der Waals surface area (Å²) in [6, 6.07) is 14.4. The summed E-state index contributed by atoms with van der Waals surface area (Å²) in [6.45, 7) is 1.35. The molecule has 142 valence electrons. The highest BCUT2D eigenvalue weighted by Crippen LogP contribution is 2.34. The van der Waals surface area contributed by atoms with Crippen LogP contribution in [-0.2, 0) is 15.3 Å². The lowest BCUT2D eigenvalue weighted by atomic mass is 10.0. The minimum absolute atomic E-state index is 0.157. The second-order valence-electron chi connectivity index (χ2n) is 6.42. The third kappa shape index (κ3) is 2.56. The zero-order chi connectivity index (χ0) is 19.9. The van der Waals surface area contributed by atoms with Gasteiger partial charge in [-0.3, -0.25) is 15.3 Å².